The molecule has 1 fully saturated rings. The standard InChI is InChI=1S/C14H24N2O7S/c1-11(17)22-10-23-14(19)24-9-12(15)13(18)21-6-2-3-16-4-7-20-8-5-16/h12H,2-10,15H2,1H3/t12-/m0/s1. The van der Waals surface area contributed by atoms with Crippen molar-refractivity contribution in [3.63, 3.8) is 0 Å². The van der Waals surface area contributed by atoms with Crippen LogP contribution in [0, 0.1) is 0 Å². The Morgan fingerprint density at radius 3 is 2.58 bits per heavy atom. The van der Waals surface area contributed by atoms with Crippen molar-refractivity contribution in [1.29, 1.82) is 0 Å². The molecule has 0 bridgehead atoms. The number of carbonyl (C=O) groups is 3. The van der Waals surface area contributed by atoms with E-state index in [1.54, 1.807) is 0 Å². The fourth-order valence-corrected chi connectivity index (χ4v) is 2.40. The lowest BCUT2D eigenvalue weighted by Gasteiger charge is -2.26. The Labute approximate surface area is 145 Å². The molecule has 1 rings (SSSR count). The number of hydrogen-bond acceptors (Lipinski definition) is 10. The molecule has 1 aliphatic heterocycles. The fourth-order valence-electron chi connectivity index (χ4n) is 1.82. The molecule has 0 radical (unpaired) electrons. The molecule has 9 nitrogen and oxygen atoms in total. The largest absolute Gasteiger partial charge is 0.464 e. The number of esters is 2. The molecule has 10 heteroatoms. The third kappa shape index (κ3) is 9.71. The van der Waals surface area contributed by atoms with E-state index >= 15 is 0 Å². The Morgan fingerprint density at radius 2 is 1.92 bits per heavy atom. The van der Waals surface area contributed by atoms with Crippen LogP contribution in [0.15, 0.2) is 0 Å². The van der Waals surface area contributed by atoms with Gasteiger partial charge in [0.25, 0.3) is 0 Å². The Hall–Kier alpha value is -1.36. The van der Waals surface area contributed by atoms with Crippen LogP contribution in [0.4, 0.5) is 4.79 Å². The minimum Gasteiger partial charge on any atom is -0.464 e. The lowest BCUT2D eigenvalue weighted by molar-refractivity contribution is -0.148. The topological polar surface area (TPSA) is 117 Å². The average Bonchev–Trinajstić information content (AvgIpc) is 2.57. The second kappa shape index (κ2) is 12.1. The van der Waals surface area contributed by atoms with Crippen LogP contribution in [0.5, 0.6) is 0 Å². The van der Waals surface area contributed by atoms with Crippen molar-refractivity contribution in [3.8, 4) is 0 Å². The van der Waals surface area contributed by atoms with Crippen LogP contribution >= 0.6 is 11.8 Å². The van der Waals surface area contributed by atoms with Gasteiger partial charge in [-0.3, -0.25) is 14.5 Å². The van der Waals surface area contributed by atoms with E-state index in [4.69, 9.17) is 15.2 Å². The van der Waals surface area contributed by atoms with Crippen molar-refractivity contribution in [2.45, 2.75) is 19.4 Å². The second-order valence-corrected chi connectivity index (χ2v) is 6.00. The molecule has 138 valence electrons. The van der Waals surface area contributed by atoms with Gasteiger partial charge in [0, 0.05) is 32.3 Å². The van der Waals surface area contributed by atoms with Crippen LogP contribution in [-0.2, 0) is 28.5 Å². The Balaban J connectivity index is 2.04. The molecule has 0 spiro atoms. The molecule has 1 atom stereocenters. The molecule has 0 aliphatic carbocycles. The lowest BCUT2D eigenvalue weighted by atomic mass is 10.3. The predicted molar refractivity (Wildman–Crippen MR) is 86.4 cm³/mol. The first kappa shape index (κ1) is 20.7. The molecule has 0 saturated carbocycles. The molecule has 2 N–H and O–H groups in total. The van der Waals surface area contributed by atoms with Gasteiger partial charge in [-0.2, -0.15) is 0 Å². The van der Waals surface area contributed by atoms with Gasteiger partial charge in [0.2, 0.25) is 6.79 Å². The van der Waals surface area contributed by atoms with Crippen molar-refractivity contribution in [1.82, 2.24) is 4.90 Å². The third-order valence-corrected chi connectivity index (χ3v) is 3.97. The molecule has 0 unspecified atom stereocenters. The van der Waals surface area contributed by atoms with E-state index in [0.29, 0.717) is 0 Å². The summed E-state index contributed by atoms with van der Waals surface area (Å²) in [6.45, 7) is 5.10. The molecule has 0 amide bonds. The molecule has 1 heterocycles. The summed E-state index contributed by atoms with van der Waals surface area (Å²) in [7, 11) is 0. The predicted octanol–water partition coefficient (Wildman–Crippen LogP) is -0.0304. The van der Waals surface area contributed by atoms with Crippen LogP contribution in [0.3, 0.4) is 0 Å². The number of carbonyl (C=O) groups excluding carboxylic acids is 3. The number of morpholine rings is 1. The van der Waals surface area contributed by atoms with Crippen LogP contribution in [0.2, 0.25) is 0 Å². The van der Waals surface area contributed by atoms with E-state index < -0.39 is 30.1 Å². The Morgan fingerprint density at radius 1 is 1.21 bits per heavy atom. The van der Waals surface area contributed by atoms with Crippen LogP contribution in [0.1, 0.15) is 13.3 Å². The summed E-state index contributed by atoms with van der Waals surface area (Å²) >= 11 is 0.726. The first-order chi connectivity index (χ1) is 11.5. The highest BCUT2D eigenvalue weighted by Crippen LogP contribution is 2.08. The summed E-state index contributed by atoms with van der Waals surface area (Å²) in [5.41, 5.74) is 5.65. The maximum atomic E-state index is 11.7. The molecular weight excluding hydrogens is 340 g/mol. The van der Waals surface area contributed by atoms with Crippen LogP contribution < -0.4 is 5.73 Å². The molecule has 0 aromatic carbocycles. The van der Waals surface area contributed by atoms with Gasteiger partial charge < -0.3 is 24.7 Å². The molecular formula is C14H24N2O7S. The normalized spacial score (nSPS) is 16.2. The van der Waals surface area contributed by atoms with Crippen LogP contribution in [0.25, 0.3) is 0 Å². The first-order valence-corrected chi connectivity index (χ1v) is 8.63. The number of ether oxygens (including phenoxy) is 4. The van der Waals surface area contributed by atoms with Crippen molar-refractivity contribution < 1.29 is 33.3 Å². The molecule has 1 saturated heterocycles. The molecule has 0 aromatic rings. The summed E-state index contributed by atoms with van der Waals surface area (Å²) in [6, 6.07) is -0.917. The summed E-state index contributed by atoms with van der Waals surface area (Å²) in [5.74, 6) is -1.08. The molecule has 24 heavy (non-hydrogen) atoms. The van der Waals surface area contributed by atoms with Gasteiger partial charge in [-0.15, -0.1) is 0 Å². The summed E-state index contributed by atoms with van der Waals surface area (Å²) in [5, 5.41) is -0.674. The monoisotopic (exact) mass is 364 g/mol. The minimum atomic E-state index is -0.917. The fraction of sp³-hybridized carbons (Fsp3) is 0.786. The van der Waals surface area contributed by atoms with Gasteiger partial charge in [-0.05, 0) is 18.2 Å². The molecule has 1 aliphatic rings. The van der Waals surface area contributed by atoms with E-state index in [1.807, 2.05) is 0 Å². The average molecular weight is 364 g/mol. The lowest BCUT2D eigenvalue weighted by Crippen LogP contribution is -2.38. The van der Waals surface area contributed by atoms with Gasteiger partial charge in [-0.1, -0.05) is 0 Å². The third-order valence-electron chi connectivity index (χ3n) is 3.09. The number of hydrogen-bond donors (Lipinski definition) is 1. The highest BCUT2D eigenvalue weighted by molar-refractivity contribution is 8.13. The number of rotatable bonds is 9. The van der Waals surface area contributed by atoms with E-state index in [1.165, 1.54) is 6.92 Å². The number of nitrogens with two attached hydrogens (primary N) is 1. The SMILES string of the molecule is CC(=O)OCOC(=O)SC[C@H](N)C(=O)OCCCN1CCOCC1. The maximum Gasteiger partial charge on any atom is 0.370 e. The van der Waals surface area contributed by atoms with E-state index in [9.17, 15) is 14.4 Å². The highest BCUT2D eigenvalue weighted by atomic mass is 32.2. The summed E-state index contributed by atoms with van der Waals surface area (Å²) in [4.78, 5) is 35.7. The highest BCUT2D eigenvalue weighted by Gasteiger charge is 2.18. The van der Waals surface area contributed by atoms with Gasteiger partial charge in [0.05, 0.1) is 19.8 Å². The van der Waals surface area contributed by atoms with Gasteiger partial charge in [-0.25, -0.2) is 4.79 Å². The van der Waals surface area contributed by atoms with E-state index in [0.717, 1.165) is 51.0 Å². The van der Waals surface area contributed by atoms with Gasteiger partial charge in [0.15, 0.2) is 0 Å². The quantitative estimate of drug-likeness (QED) is 0.339. The Bertz CT molecular complexity index is 416. The second-order valence-electron chi connectivity index (χ2n) is 5.04. The van der Waals surface area contributed by atoms with Gasteiger partial charge >= 0.3 is 17.2 Å². The zero-order chi connectivity index (χ0) is 17.8. The first-order valence-electron chi connectivity index (χ1n) is 7.64. The van der Waals surface area contributed by atoms with E-state index in [2.05, 4.69) is 14.4 Å². The van der Waals surface area contributed by atoms with Gasteiger partial charge in [0.1, 0.15) is 6.04 Å². The van der Waals surface area contributed by atoms with Crippen LogP contribution in [-0.4, -0.2) is 80.2 Å². The molecule has 0 aromatic heterocycles. The number of nitrogens with zero attached hydrogens (tertiary/aromatic N) is 1. The smallest absolute Gasteiger partial charge is 0.370 e. The zero-order valence-electron chi connectivity index (χ0n) is 13.7. The maximum absolute atomic E-state index is 11.7. The number of thioether (sulfide) groups is 1. The van der Waals surface area contributed by atoms with E-state index in [-0.39, 0.29) is 12.4 Å². The van der Waals surface area contributed by atoms with Crippen molar-refractivity contribution >= 4 is 29.0 Å². The van der Waals surface area contributed by atoms with Crippen molar-refractivity contribution in [2.24, 2.45) is 5.73 Å². The summed E-state index contributed by atoms with van der Waals surface area (Å²) in [6.07, 6.45) is 0.718. The van der Waals surface area contributed by atoms with Crippen molar-refractivity contribution in [3.05, 3.63) is 0 Å². The Kier molecular flexibility index (Phi) is 10.4. The minimum absolute atomic E-state index is 0.0290. The zero-order valence-corrected chi connectivity index (χ0v) is 14.5. The van der Waals surface area contributed by atoms with Crippen molar-refractivity contribution in [2.75, 3.05) is 52.0 Å². The summed E-state index contributed by atoms with van der Waals surface area (Å²) < 4.78 is 19.4.